The highest BCUT2D eigenvalue weighted by Crippen LogP contribution is 2.53. The van der Waals surface area contributed by atoms with Crippen LogP contribution >= 0.6 is 11.6 Å². The predicted molar refractivity (Wildman–Crippen MR) is 66.1 cm³/mol. The molecule has 1 heterocycles. The highest BCUT2D eigenvalue weighted by molar-refractivity contribution is 6.31. The van der Waals surface area contributed by atoms with E-state index >= 15 is 0 Å². The molecule has 1 aliphatic carbocycles. The molecule has 0 saturated heterocycles. The molecule has 4 nitrogen and oxygen atoms in total. The molecule has 1 fully saturated rings. The molecule has 1 aliphatic heterocycles. The molecule has 0 atom stereocenters. The van der Waals surface area contributed by atoms with E-state index in [9.17, 15) is 9.18 Å². The van der Waals surface area contributed by atoms with Crippen molar-refractivity contribution in [1.29, 1.82) is 0 Å². The molecular weight excluding hydrogens is 273 g/mol. The Morgan fingerprint density at radius 1 is 1.37 bits per heavy atom. The first kappa shape index (κ1) is 12.5. The zero-order chi connectivity index (χ0) is 13.5. The number of nitrogens with zero attached hydrogens (tertiary/aromatic N) is 1. The molecule has 0 spiro atoms. The van der Waals surface area contributed by atoms with Crippen LogP contribution in [0.1, 0.15) is 24.8 Å². The number of hydrogen-bond donors (Lipinski definition) is 0. The van der Waals surface area contributed by atoms with Crippen molar-refractivity contribution in [3.63, 3.8) is 0 Å². The maximum atomic E-state index is 14.4. The van der Waals surface area contributed by atoms with E-state index in [-0.39, 0.29) is 10.6 Å². The Morgan fingerprint density at radius 3 is 2.74 bits per heavy atom. The standard InChI is InChI=1S/C13H11ClFNO3/c14-8-6-9-12(19-5-4-18-9)10(11(8)15)13(16-7-17)2-1-3-13/h6H,1-5H2. The number of halogens is 2. The maximum absolute atomic E-state index is 14.4. The second-order valence-electron chi connectivity index (χ2n) is 4.66. The minimum absolute atomic E-state index is 0.0494. The summed E-state index contributed by atoms with van der Waals surface area (Å²) in [4.78, 5) is 14.4. The fraction of sp³-hybridized carbons (Fsp3) is 0.462. The van der Waals surface area contributed by atoms with Crippen LogP contribution in [0.4, 0.5) is 4.39 Å². The van der Waals surface area contributed by atoms with Crippen molar-refractivity contribution < 1.29 is 18.7 Å². The molecule has 6 heteroatoms. The number of fused-ring (bicyclic) bond motifs is 1. The van der Waals surface area contributed by atoms with Crippen LogP contribution in [0.15, 0.2) is 11.1 Å². The molecule has 2 aliphatic rings. The van der Waals surface area contributed by atoms with E-state index in [0.29, 0.717) is 37.6 Å². The van der Waals surface area contributed by atoms with Crippen LogP contribution in [0.25, 0.3) is 0 Å². The zero-order valence-electron chi connectivity index (χ0n) is 10.0. The van der Waals surface area contributed by atoms with Crippen LogP contribution in [0.2, 0.25) is 5.02 Å². The van der Waals surface area contributed by atoms with Gasteiger partial charge in [-0.2, -0.15) is 4.99 Å². The Kier molecular flexibility index (Phi) is 2.96. The molecule has 1 aromatic carbocycles. The molecule has 0 aromatic heterocycles. The first-order chi connectivity index (χ1) is 9.18. The number of carbonyl (C=O) groups excluding carboxylic acids is 1. The van der Waals surface area contributed by atoms with Crippen molar-refractivity contribution >= 4 is 17.7 Å². The first-order valence-corrected chi connectivity index (χ1v) is 6.43. The molecule has 0 amide bonds. The quantitative estimate of drug-likeness (QED) is 0.619. The molecule has 19 heavy (non-hydrogen) atoms. The van der Waals surface area contributed by atoms with E-state index in [0.717, 1.165) is 6.42 Å². The van der Waals surface area contributed by atoms with Crippen LogP contribution in [0, 0.1) is 5.82 Å². The van der Waals surface area contributed by atoms with Gasteiger partial charge in [-0.3, -0.25) is 0 Å². The summed E-state index contributed by atoms with van der Waals surface area (Å²) in [6, 6.07) is 1.39. The monoisotopic (exact) mass is 283 g/mol. The highest BCUT2D eigenvalue weighted by atomic mass is 35.5. The number of hydrogen-bond acceptors (Lipinski definition) is 4. The summed E-state index contributed by atoms with van der Waals surface area (Å²) in [5, 5.41) is -0.0494. The Balaban J connectivity index is 2.24. The van der Waals surface area contributed by atoms with Crippen molar-refractivity contribution in [2.24, 2.45) is 4.99 Å². The van der Waals surface area contributed by atoms with Crippen LogP contribution in [0.5, 0.6) is 11.5 Å². The smallest absolute Gasteiger partial charge is 0.235 e. The van der Waals surface area contributed by atoms with Crippen molar-refractivity contribution in [1.82, 2.24) is 0 Å². The summed E-state index contributed by atoms with van der Waals surface area (Å²) in [5.74, 6) is 0.122. The van der Waals surface area contributed by atoms with E-state index in [1.54, 1.807) is 0 Å². The lowest BCUT2D eigenvalue weighted by atomic mass is 9.71. The lowest BCUT2D eigenvalue weighted by Gasteiger charge is -2.39. The Morgan fingerprint density at radius 2 is 2.11 bits per heavy atom. The van der Waals surface area contributed by atoms with Gasteiger partial charge in [0.25, 0.3) is 0 Å². The van der Waals surface area contributed by atoms with Crippen LogP contribution in [0.3, 0.4) is 0 Å². The Labute approximate surface area is 114 Å². The molecule has 3 rings (SSSR count). The molecule has 1 aromatic rings. The SMILES string of the molecule is O=C=NC1(c2c(F)c(Cl)cc3c2OCCO3)CCC1. The number of aliphatic imine (C=N–C) groups is 1. The van der Waals surface area contributed by atoms with Gasteiger partial charge in [0.2, 0.25) is 6.08 Å². The molecular formula is C13H11ClFNO3. The summed E-state index contributed by atoms with van der Waals surface area (Å²) >= 11 is 5.89. The summed E-state index contributed by atoms with van der Waals surface area (Å²) in [6.45, 7) is 0.723. The second kappa shape index (κ2) is 4.51. The first-order valence-electron chi connectivity index (χ1n) is 6.05. The third-order valence-electron chi connectivity index (χ3n) is 3.63. The topological polar surface area (TPSA) is 47.9 Å². The molecule has 0 unspecified atom stereocenters. The van der Waals surface area contributed by atoms with Gasteiger partial charge in [0, 0.05) is 6.07 Å². The third kappa shape index (κ3) is 1.81. The van der Waals surface area contributed by atoms with Gasteiger partial charge < -0.3 is 9.47 Å². The number of rotatable bonds is 2. The fourth-order valence-electron chi connectivity index (χ4n) is 2.56. The number of ether oxygens (including phenoxy) is 2. The van der Waals surface area contributed by atoms with Gasteiger partial charge in [-0.15, -0.1) is 0 Å². The van der Waals surface area contributed by atoms with Gasteiger partial charge in [0.05, 0.1) is 10.6 Å². The van der Waals surface area contributed by atoms with E-state index in [1.165, 1.54) is 12.1 Å². The summed E-state index contributed by atoms with van der Waals surface area (Å²) in [5.41, 5.74) is -0.675. The van der Waals surface area contributed by atoms with E-state index in [1.807, 2.05) is 0 Å². The molecule has 0 bridgehead atoms. The maximum Gasteiger partial charge on any atom is 0.235 e. The zero-order valence-corrected chi connectivity index (χ0v) is 10.8. The molecule has 100 valence electrons. The number of benzene rings is 1. The second-order valence-corrected chi connectivity index (χ2v) is 5.07. The van der Waals surface area contributed by atoms with E-state index in [2.05, 4.69) is 4.99 Å². The average Bonchev–Trinajstić information content (AvgIpc) is 2.36. The summed E-state index contributed by atoms with van der Waals surface area (Å²) < 4.78 is 25.3. The van der Waals surface area contributed by atoms with Crippen molar-refractivity contribution in [2.75, 3.05) is 13.2 Å². The van der Waals surface area contributed by atoms with Gasteiger partial charge in [-0.1, -0.05) is 11.6 Å². The average molecular weight is 284 g/mol. The summed E-state index contributed by atoms with van der Waals surface area (Å²) in [6.07, 6.45) is 3.56. The highest BCUT2D eigenvalue weighted by Gasteiger charge is 2.45. The molecule has 1 saturated carbocycles. The van der Waals surface area contributed by atoms with Gasteiger partial charge in [0.1, 0.15) is 18.8 Å². The van der Waals surface area contributed by atoms with Gasteiger partial charge in [-0.25, -0.2) is 9.18 Å². The Hall–Kier alpha value is -1.58. The third-order valence-corrected chi connectivity index (χ3v) is 3.91. The lowest BCUT2D eigenvalue weighted by Crippen LogP contribution is -2.34. The van der Waals surface area contributed by atoms with Crippen molar-refractivity contribution in [3.05, 3.63) is 22.5 Å². The van der Waals surface area contributed by atoms with Gasteiger partial charge in [0.15, 0.2) is 17.3 Å². The minimum atomic E-state index is -0.901. The molecule has 0 radical (unpaired) electrons. The van der Waals surface area contributed by atoms with Crippen LogP contribution < -0.4 is 9.47 Å². The lowest BCUT2D eigenvalue weighted by molar-refractivity contribution is 0.157. The predicted octanol–water partition coefficient (Wildman–Crippen LogP) is 2.97. The minimum Gasteiger partial charge on any atom is -0.486 e. The van der Waals surface area contributed by atoms with Crippen LogP contribution in [-0.2, 0) is 10.3 Å². The number of isocyanates is 1. The normalized spacial score (nSPS) is 19.3. The largest absolute Gasteiger partial charge is 0.486 e. The molecule has 0 N–H and O–H groups in total. The van der Waals surface area contributed by atoms with Crippen molar-refractivity contribution in [3.8, 4) is 11.5 Å². The fourth-order valence-corrected chi connectivity index (χ4v) is 2.76. The van der Waals surface area contributed by atoms with Gasteiger partial charge in [-0.05, 0) is 19.3 Å². The Bertz CT molecular complexity index is 580. The van der Waals surface area contributed by atoms with Crippen LogP contribution in [-0.4, -0.2) is 19.3 Å². The van der Waals surface area contributed by atoms with E-state index in [4.69, 9.17) is 21.1 Å². The summed E-state index contributed by atoms with van der Waals surface area (Å²) in [7, 11) is 0. The van der Waals surface area contributed by atoms with Crippen molar-refractivity contribution in [2.45, 2.75) is 24.8 Å². The van der Waals surface area contributed by atoms with Gasteiger partial charge >= 0.3 is 0 Å². The van der Waals surface area contributed by atoms with E-state index < -0.39 is 11.4 Å².